The van der Waals surface area contributed by atoms with Gasteiger partial charge in [-0.15, -0.1) is 0 Å². The summed E-state index contributed by atoms with van der Waals surface area (Å²) in [5.74, 6) is 0. The zero-order valence-electron chi connectivity index (χ0n) is 17.5. The van der Waals surface area contributed by atoms with E-state index >= 15 is 0 Å². The molecule has 1 aromatic heterocycles. The van der Waals surface area contributed by atoms with Crippen molar-refractivity contribution in [1.82, 2.24) is 0 Å². The molecule has 1 heterocycles. The molecule has 4 aromatic rings. The number of halogens is 2. The highest BCUT2D eigenvalue weighted by Crippen LogP contribution is 2.35. The van der Waals surface area contributed by atoms with Crippen LogP contribution < -0.4 is 27.6 Å². The molecule has 4 rings (SSSR count). The Labute approximate surface area is 206 Å². The Hall–Kier alpha value is -2.74. The van der Waals surface area contributed by atoms with Gasteiger partial charge in [0.15, 0.2) is 0 Å². The maximum atomic E-state index is 4.57. The van der Waals surface area contributed by atoms with E-state index in [-0.39, 0.29) is 12.4 Å². The average Bonchev–Trinajstić information content (AvgIpc) is 3.13. The molecule has 0 saturated carbocycles. The van der Waals surface area contributed by atoms with Crippen molar-refractivity contribution in [2.24, 2.45) is 17.3 Å². The summed E-state index contributed by atoms with van der Waals surface area (Å²) in [7, 11) is 1.96. The third-order valence-electron chi connectivity index (χ3n) is 4.71. The number of anilines is 2. The Balaban J connectivity index is 0.00000289. The molecule has 0 radical (unpaired) electrons. The minimum absolute atomic E-state index is 0. The van der Waals surface area contributed by atoms with Gasteiger partial charge in [-0.1, -0.05) is 66.7 Å². The third-order valence-corrected chi connectivity index (χ3v) is 6.25. The van der Waals surface area contributed by atoms with E-state index in [1.807, 2.05) is 54.2 Å². The van der Waals surface area contributed by atoms with Gasteiger partial charge in [-0.2, -0.15) is 0 Å². The smallest absolute Gasteiger partial charge is 0.409 e. The van der Waals surface area contributed by atoms with Crippen LogP contribution in [0.3, 0.4) is 0 Å². The standard InChI is InChI=1S/C24H22BrN5S.ClH/c1-30-17-22(25)31-24(30)29-28-21-14-8-13-20(26-15-18-9-4-2-5-10-18)23(21)27-16-19-11-6-3-7-12-19;/h2-14,17H,15-16H2,1H3,(H,26,28);1H. The van der Waals surface area contributed by atoms with Gasteiger partial charge in [0.05, 0.1) is 23.5 Å². The van der Waals surface area contributed by atoms with Gasteiger partial charge in [-0.05, 0) is 55.6 Å². The largest absolute Gasteiger partial charge is 1.00 e. The molecular weight excluding hydrogens is 506 g/mol. The first-order chi connectivity index (χ1) is 15.2. The van der Waals surface area contributed by atoms with Crippen LogP contribution in [0.2, 0.25) is 0 Å². The Kier molecular flexibility index (Phi) is 8.79. The second kappa shape index (κ2) is 11.8. The van der Waals surface area contributed by atoms with Gasteiger partial charge in [0.2, 0.25) is 0 Å². The number of aromatic nitrogens is 1. The summed E-state index contributed by atoms with van der Waals surface area (Å²) >= 11 is 5.05. The number of hydrogen-bond donors (Lipinski definition) is 2. The van der Waals surface area contributed by atoms with Crippen molar-refractivity contribution < 1.29 is 17.0 Å². The van der Waals surface area contributed by atoms with Crippen LogP contribution >= 0.6 is 27.3 Å². The summed E-state index contributed by atoms with van der Waals surface area (Å²) in [6.07, 6.45) is 1.98. The zero-order valence-corrected chi connectivity index (χ0v) is 20.7. The number of para-hydroxylation sites is 1. The molecule has 0 aliphatic rings. The van der Waals surface area contributed by atoms with Gasteiger partial charge in [0.25, 0.3) is 0 Å². The molecule has 164 valence electrons. The van der Waals surface area contributed by atoms with Crippen LogP contribution in [0, 0.1) is 0 Å². The number of rotatable bonds is 8. The Morgan fingerprint density at radius 2 is 1.44 bits per heavy atom. The average molecular weight is 529 g/mol. The topological polar surface area (TPSA) is 52.7 Å². The molecule has 5 nitrogen and oxygen atoms in total. The summed E-state index contributed by atoms with van der Waals surface area (Å²) < 4.78 is 2.97. The summed E-state index contributed by atoms with van der Waals surface area (Å²) in [4.78, 5) is 0. The van der Waals surface area contributed by atoms with Gasteiger partial charge in [-0.3, -0.25) is 0 Å². The van der Waals surface area contributed by atoms with Crippen molar-refractivity contribution in [2.75, 3.05) is 10.6 Å². The lowest BCUT2D eigenvalue weighted by Gasteiger charge is -2.15. The molecule has 8 heteroatoms. The molecule has 3 aromatic carbocycles. The summed E-state index contributed by atoms with van der Waals surface area (Å²) in [5.41, 5.74) is 5.15. The third kappa shape index (κ3) is 6.38. The predicted octanol–water partition coefficient (Wildman–Crippen LogP) is 3.98. The van der Waals surface area contributed by atoms with Crippen molar-refractivity contribution in [2.45, 2.75) is 13.1 Å². The fourth-order valence-electron chi connectivity index (χ4n) is 3.12. The maximum absolute atomic E-state index is 4.57. The molecule has 0 saturated heterocycles. The Morgan fingerprint density at radius 1 is 0.812 bits per heavy atom. The highest BCUT2D eigenvalue weighted by molar-refractivity contribution is 9.11. The van der Waals surface area contributed by atoms with Crippen LogP contribution in [-0.4, -0.2) is 0 Å². The number of aryl methyl sites for hydroxylation is 1. The van der Waals surface area contributed by atoms with Crippen LogP contribution in [0.5, 0.6) is 0 Å². The van der Waals surface area contributed by atoms with Gasteiger partial charge >= 0.3 is 5.13 Å². The number of thiazole rings is 1. The molecule has 0 spiro atoms. The quantitative estimate of drug-likeness (QED) is 0.269. The van der Waals surface area contributed by atoms with E-state index in [0.717, 1.165) is 32.5 Å². The van der Waals surface area contributed by atoms with Crippen LogP contribution in [0.25, 0.3) is 0 Å². The summed E-state index contributed by atoms with van der Waals surface area (Å²) in [5, 5.41) is 17.0. The van der Waals surface area contributed by atoms with Gasteiger partial charge in [0.1, 0.15) is 15.7 Å². The van der Waals surface area contributed by atoms with E-state index in [1.54, 1.807) is 11.3 Å². The van der Waals surface area contributed by atoms with E-state index in [4.69, 9.17) is 0 Å². The molecule has 0 amide bonds. The minimum Gasteiger partial charge on any atom is -1.00 e. The normalized spacial score (nSPS) is 10.7. The van der Waals surface area contributed by atoms with Crippen molar-refractivity contribution in [3.05, 3.63) is 100.0 Å². The second-order valence-electron chi connectivity index (χ2n) is 7.01. The van der Waals surface area contributed by atoms with Crippen LogP contribution in [0.4, 0.5) is 22.2 Å². The van der Waals surface area contributed by atoms with Gasteiger partial charge in [-0.25, -0.2) is 4.57 Å². The monoisotopic (exact) mass is 527 g/mol. The van der Waals surface area contributed by atoms with Crippen LogP contribution in [0.1, 0.15) is 11.1 Å². The highest BCUT2D eigenvalue weighted by atomic mass is 79.9. The van der Waals surface area contributed by atoms with E-state index in [0.29, 0.717) is 6.54 Å². The molecule has 32 heavy (non-hydrogen) atoms. The minimum atomic E-state index is 0. The molecule has 0 atom stereocenters. The number of nitrogens with zero attached hydrogens (tertiary/aromatic N) is 3. The Bertz CT molecular complexity index is 1170. The Morgan fingerprint density at radius 3 is 2.03 bits per heavy atom. The number of nitrogens with one attached hydrogen (secondary N) is 2. The van der Waals surface area contributed by atoms with E-state index in [2.05, 4.69) is 79.3 Å². The van der Waals surface area contributed by atoms with E-state index in [9.17, 15) is 0 Å². The lowest BCUT2D eigenvalue weighted by molar-refractivity contribution is -0.654. The van der Waals surface area contributed by atoms with E-state index < -0.39 is 0 Å². The molecule has 2 N–H and O–H groups in total. The number of azo groups is 1. The van der Waals surface area contributed by atoms with Crippen molar-refractivity contribution >= 4 is 49.5 Å². The number of hydrogen-bond acceptors (Lipinski definition) is 5. The van der Waals surface area contributed by atoms with E-state index in [1.165, 1.54) is 11.1 Å². The number of benzene rings is 3. The maximum Gasteiger partial charge on any atom is 0.409 e. The lowest BCUT2D eigenvalue weighted by atomic mass is 10.1. The first-order valence-corrected chi connectivity index (χ1v) is 11.6. The molecule has 0 fully saturated rings. The van der Waals surface area contributed by atoms with Crippen molar-refractivity contribution in [1.29, 1.82) is 0 Å². The molecule has 0 aliphatic heterocycles. The van der Waals surface area contributed by atoms with Crippen LogP contribution in [0.15, 0.2) is 99.1 Å². The highest BCUT2D eigenvalue weighted by Gasteiger charge is 2.14. The fourth-order valence-corrected chi connectivity index (χ4v) is 4.52. The lowest BCUT2D eigenvalue weighted by Crippen LogP contribution is -3.00. The molecule has 0 bridgehead atoms. The van der Waals surface area contributed by atoms with Crippen molar-refractivity contribution in [3.8, 4) is 0 Å². The molecular formula is C24H23BrClN5S. The zero-order chi connectivity index (χ0) is 21.5. The summed E-state index contributed by atoms with van der Waals surface area (Å²) in [6, 6.07) is 26.7. The second-order valence-corrected chi connectivity index (χ2v) is 9.40. The first-order valence-electron chi connectivity index (χ1n) is 9.94. The SMILES string of the molecule is C[n+]1cc(Br)sc1N=Nc1cccc(NCc2ccccc2)c1NCc1ccccc1.[Cl-]. The fraction of sp³-hybridized carbons (Fsp3) is 0.125. The molecule has 0 unspecified atom stereocenters. The first kappa shape index (κ1) is 23.9. The van der Waals surface area contributed by atoms with Crippen LogP contribution in [-0.2, 0) is 20.1 Å². The summed E-state index contributed by atoms with van der Waals surface area (Å²) in [6.45, 7) is 1.43. The van der Waals surface area contributed by atoms with Gasteiger partial charge in [0, 0.05) is 13.1 Å². The van der Waals surface area contributed by atoms with Gasteiger partial charge < -0.3 is 23.0 Å². The predicted molar refractivity (Wildman–Crippen MR) is 131 cm³/mol. The van der Waals surface area contributed by atoms with Crippen molar-refractivity contribution in [3.63, 3.8) is 0 Å². The molecule has 0 aliphatic carbocycles.